The Balaban J connectivity index is 2.98. The van der Waals surface area contributed by atoms with Crippen molar-refractivity contribution in [2.24, 2.45) is 0 Å². The Morgan fingerprint density at radius 1 is 1.56 bits per heavy atom. The average Bonchev–Trinajstić information content (AvgIpc) is 2.24. The lowest BCUT2D eigenvalue weighted by Gasteiger charge is -2.07. The van der Waals surface area contributed by atoms with Crippen molar-refractivity contribution >= 4 is 39.8 Å². The highest BCUT2D eigenvalue weighted by atomic mass is 79.9. The van der Waals surface area contributed by atoms with Gasteiger partial charge in [-0.2, -0.15) is 0 Å². The summed E-state index contributed by atoms with van der Waals surface area (Å²) in [5, 5.41) is 0.429. The van der Waals surface area contributed by atoms with Crippen molar-refractivity contribution in [3.05, 3.63) is 32.8 Å². The van der Waals surface area contributed by atoms with Crippen LogP contribution in [0.4, 0.5) is 0 Å². The van der Waals surface area contributed by atoms with E-state index in [1.807, 2.05) is 0 Å². The molecule has 0 amide bonds. The molecule has 0 radical (unpaired) electrons. The predicted octanol–water partition coefficient (Wildman–Crippen LogP) is 3.02. The molecule has 0 heterocycles. The van der Waals surface area contributed by atoms with Crippen LogP contribution < -0.4 is 0 Å². The van der Waals surface area contributed by atoms with Crippen LogP contribution in [0.25, 0.3) is 0 Å². The monoisotopic (exact) mass is 304 g/mol. The molecule has 0 aliphatic heterocycles. The van der Waals surface area contributed by atoms with Crippen molar-refractivity contribution in [1.82, 2.24) is 0 Å². The van der Waals surface area contributed by atoms with Gasteiger partial charge in [-0.15, -0.1) is 0 Å². The van der Waals surface area contributed by atoms with E-state index in [0.717, 1.165) is 0 Å². The zero-order valence-electron chi connectivity index (χ0n) is 8.63. The van der Waals surface area contributed by atoms with Crippen LogP contribution >= 0.6 is 27.5 Å². The van der Waals surface area contributed by atoms with Crippen molar-refractivity contribution in [2.45, 2.75) is 13.3 Å². The molecule has 86 valence electrons. The van der Waals surface area contributed by atoms with E-state index < -0.39 is 0 Å². The van der Waals surface area contributed by atoms with Crippen LogP contribution in [0.1, 0.15) is 22.8 Å². The number of aldehydes is 1. The molecule has 1 aromatic carbocycles. The minimum Gasteiger partial charge on any atom is -0.466 e. The molecule has 0 bridgehead atoms. The fourth-order valence-corrected chi connectivity index (χ4v) is 1.93. The smallest absolute Gasteiger partial charge is 0.310 e. The first-order chi connectivity index (χ1) is 7.58. The molecule has 1 aromatic rings. The maximum Gasteiger partial charge on any atom is 0.310 e. The summed E-state index contributed by atoms with van der Waals surface area (Å²) in [4.78, 5) is 21.9. The molecule has 0 unspecified atom stereocenters. The van der Waals surface area contributed by atoms with Crippen molar-refractivity contribution in [3.8, 4) is 0 Å². The lowest BCUT2D eigenvalue weighted by Crippen LogP contribution is -2.08. The number of carbonyl (C=O) groups is 2. The van der Waals surface area contributed by atoms with Gasteiger partial charge in [0.05, 0.1) is 18.1 Å². The molecule has 5 heteroatoms. The fourth-order valence-electron chi connectivity index (χ4n) is 1.23. The summed E-state index contributed by atoms with van der Waals surface area (Å²) < 4.78 is 5.41. The SMILES string of the molecule is CCOC(=O)Cc1cc(C=O)cc(Br)c1Cl. The van der Waals surface area contributed by atoms with Crippen LogP contribution in [-0.4, -0.2) is 18.9 Å². The minimum atomic E-state index is -0.362. The topological polar surface area (TPSA) is 43.4 Å². The number of esters is 1. The average molecular weight is 306 g/mol. The second-order valence-electron chi connectivity index (χ2n) is 3.08. The van der Waals surface area contributed by atoms with Gasteiger partial charge >= 0.3 is 5.97 Å². The quantitative estimate of drug-likeness (QED) is 0.634. The number of rotatable bonds is 4. The molecule has 0 spiro atoms. The lowest BCUT2D eigenvalue weighted by atomic mass is 10.1. The van der Waals surface area contributed by atoms with Crippen LogP contribution in [0.2, 0.25) is 5.02 Å². The van der Waals surface area contributed by atoms with E-state index >= 15 is 0 Å². The Morgan fingerprint density at radius 3 is 2.81 bits per heavy atom. The van der Waals surface area contributed by atoms with Crippen molar-refractivity contribution < 1.29 is 14.3 Å². The standard InChI is InChI=1S/C11H10BrClO3/c1-2-16-10(15)5-8-3-7(6-14)4-9(12)11(8)13/h3-4,6H,2,5H2,1H3. The Hall–Kier alpha value is -0.870. The third-order valence-corrected chi connectivity index (χ3v) is 3.20. The maximum atomic E-state index is 11.3. The van der Waals surface area contributed by atoms with Gasteiger partial charge in [-0.05, 0) is 40.5 Å². The minimum absolute atomic E-state index is 0.0625. The summed E-state index contributed by atoms with van der Waals surface area (Å²) in [6.07, 6.45) is 0.767. The van der Waals surface area contributed by atoms with Crippen LogP contribution in [0.3, 0.4) is 0 Å². The molecule has 0 fully saturated rings. The summed E-state index contributed by atoms with van der Waals surface area (Å²) in [5.41, 5.74) is 1.05. The molecule has 0 atom stereocenters. The predicted molar refractivity (Wildman–Crippen MR) is 64.9 cm³/mol. The molecule has 0 saturated heterocycles. The second kappa shape index (κ2) is 6.01. The Bertz CT molecular complexity index is 418. The van der Waals surface area contributed by atoms with Gasteiger partial charge in [0.2, 0.25) is 0 Å². The Morgan fingerprint density at radius 2 is 2.25 bits per heavy atom. The van der Waals surface area contributed by atoms with Gasteiger partial charge in [0, 0.05) is 10.0 Å². The molecule has 16 heavy (non-hydrogen) atoms. The Labute approximate surface area is 107 Å². The van der Waals surface area contributed by atoms with E-state index in [1.54, 1.807) is 19.1 Å². The van der Waals surface area contributed by atoms with Crippen LogP contribution in [0.15, 0.2) is 16.6 Å². The van der Waals surface area contributed by atoms with E-state index in [0.29, 0.717) is 33.5 Å². The van der Waals surface area contributed by atoms with Gasteiger partial charge in [-0.3, -0.25) is 9.59 Å². The van der Waals surface area contributed by atoms with Crippen molar-refractivity contribution in [2.75, 3.05) is 6.61 Å². The van der Waals surface area contributed by atoms with Crippen molar-refractivity contribution in [1.29, 1.82) is 0 Å². The summed E-state index contributed by atoms with van der Waals surface area (Å²) in [6.45, 7) is 2.06. The normalized spacial score (nSPS) is 9.94. The molecule has 3 nitrogen and oxygen atoms in total. The largest absolute Gasteiger partial charge is 0.466 e. The third kappa shape index (κ3) is 3.32. The summed E-state index contributed by atoms with van der Waals surface area (Å²) in [5.74, 6) is -0.362. The highest BCUT2D eigenvalue weighted by Crippen LogP contribution is 2.28. The number of ether oxygens (including phenoxy) is 1. The molecular formula is C11H10BrClO3. The lowest BCUT2D eigenvalue weighted by molar-refractivity contribution is -0.142. The van der Waals surface area contributed by atoms with E-state index in [-0.39, 0.29) is 12.4 Å². The van der Waals surface area contributed by atoms with Crippen molar-refractivity contribution in [3.63, 3.8) is 0 Å². The molecule has 1 rings (SSSR count). The molecule has 0 aromatic heterocycles. The highest BCUT2D eigenvalue weighted by Gasteiger charge is 2.11. The molecule has 0 saturated carbocycles. The number of hydrogen-bond donors (Lipinski definition) is 0. The van der Waals surface area contributed by atoms with Gasteiger partial charge < -0.3 is 4.74 Å². The first-order valence-electron chi connectivity index (χ1n) is 4.67. The second-order valence-corrected chi connectivity index (χ2v) is 4.31. The highest BCUT2D eigenvalue weighted by molar-refractivity contribution is 9.10. The molecule has 0 aliphatic carbocycles. The van der Waals surface area contributed by atoms with E-state index in [1.165, 1.54) is 0 Å². The van der Waals surface area contributed by atoms with Gasteiger partial charge in [0.15, 0.2) is 0 Å². The number of benzene rings is 1. The van der Waals surface area contributed by atoms with Gasteiger partial charge in [-0.1, -0.05) is 11.6 Å². The maximum absolute atomic E-state index is 11.3. The van der Waals surface area contributed by atoms with E-state index in [4.69, 9.17) is 16.3 Å². The number of hydrogen-bond acceptors (Lipinski definition) is 3. The van der Waals surface area contributed by atoms with E-state index in [2.05, 4.69) is 15.9 Å². The number of carbonyl (C=O) groups excluding carboxylic acids is 2. The third-order valence-electron chi connectivity index (χ3n) is 1.90. The van der Waals surface area contributed by atoms with Crippen LogP contribution in [0, 0.1) is 0 Å². The van der Waals surface area contributed by atoms with Gasteiger partial charge in [0.1, 0.15) is 6.29 Å². The zero-order valence-corrected chi connectivity index (χ0v) is 11.0. The number of halogens is 2. The fraction of sp³-hybridized carbons (Fsp3) is 0.273. The first kappa shape index (κ1) is 13.2. The molecule has 0 aliphatic rings. The van der Waals surface area contributed by atoms with Gasteiger partial charge in [-0.25, -0.2) is 0 Å². The summed E-state index contributed by atoms with van der Waals surface area (Å²) >= 11 is 9.22. The Kier molecular flexibility index (Phi) is 4.96. The van der Waals surface area contributed by atoms with E-state index in [9.17, 15) is 9.59 Å². The molecule has 0 N–H and O–H groups in total. The zero-order chi connectivity index (χ0) is 12.1. The molecular weight excluding hydrogens is 295 g/mol. The summed E-state index contributed by atoms with van der Waals surface area (Å²) in [7, 11) is 0. The summed E-state index contributed by atoms with van der Waals surface area (Å²) in [6, 6.07) is 3.18. The first-order valence-corrected chi connectivity index (χ1v) is 5.84. The van der Waals surface area contributed by atoms with Gasteiger partial charge in [0.25, 0.3) is 0 Å². The van der Waals surface area contributed by atoms with Crippen LogP contribution in [0.5, 0.6) is 0 Å². The van der Waals surface area contributed by atoms with Crippen LogP contribution in [-0.2, 0) is 16.0 Å².